The Balaban J connectivity index is 2.49. The van der Waals surface area contributed by atoms with E-state index in [9.17, 15) is 8.42 Å². The fourth-order valence-electron chi connectivity index (χ4n) is 2.48. The lowest BCUT2D eigenvalue weighted by molar-refractivity contribution is 0.128. The zero-order valence-corrected chi connectivity index (χ0v) is 14.2. The monoisotopic (exact) mass is 356 g/mol. The topological polar surface area (TPSA) is 49.9 Å². The van der Waals surface area contributed by atoms with Crippen molar-refractivity contribution in [2.45, 2.75) is 12.8 Å². The SMILES string of the molecule is COCCN(CCBr)CC1CCCN(S(C)(=O)=O)C1. The van der Waals surface area contributed by atoms with Gasteiger partial charge >= 0.3 is 0 Å². The number of rotatable bonds is 8. The Morgan fingerprint density at radius 3 is 2.74 bits per heavy atom. The van der Waals surface area contributed by atoms with Gasteiger partial charge in [0.15, 0.2) is 0 Å². The van der Waals surface area contributed by atoms with E-state index < -0.39 is 10.0 Å². The van der Waals surface area contributed by atoms with E-state index in [1.807, 2.05) is 0 Å². The predicted octanol–water partition coefficient (Wildman–Crippen LogP) is 1.00. The van der Waals surface area contributed by atoms with Crippen LogP contribution in [0.15, 0.2) is 0 Å². The summed E-state index contributed by atoms with van der Waals surface area (Å²) in [6.45, 7) is 4.86. The first-order chi connectivity index (χ1) is 8.97. The van der Waals surface area contributed by atoms with Crippen molar-refractivity contribution < 1.29 is 13.2 Å². The maximum atomic E-state index is 11.6. The van der Waals surface area contributed by atoms with E-state index in [1.165, 1.54) is 6.26 Å². The van der Waals surface area contributed by atoms with E-state index in [-0.39, 0.29) is 0 Å². The largest absolute Gasteiger partial charge is 0.383 e. The number of hydrogen-bond acceptors (Lipinski definition) is 4. The number of methoxy groups -OCH3 is 1. The van der Waals surface area contributed by atoms with E-state index in [0.717, 1.165) is 44.4 Å². The maximum absolute atomic E-state index is 11.6. The van der Waals surface area contributed by atoms with Gasteiger partial charge in [0.05, 0.1) is 12.9 Å². The van der Waals surface area contributed by atoms with Crippen molar-refractivity contribution in [2.75, 3.05) is 58.0 Å². The number of piperidine rings is 1. The molecule has 0 bridgehead atoms. The average molecular weight is 357 g/mol. The predicted molar refractivity (Wildman–Crippen MR) is 81.3 cm³/mol. The van der Waals surface area contributed by atoms with Crippen LogP contribution in [0.25, 0.3) is 0 Å². The van der Waals surface area contributed by atoms with Crippen molar-refractivity contribution in [1.82, 2.24) is 9.21 Å². The zero-order valence-electron chi connectivity index (χ0n) is 11.8. The van der Waals surface area contributed by atoms with Crippen LogP contribution in [0.5, 0.6) is 0 Å². The summed E-state index contributed by atoms with van der Waals surface area (Å²) >= 11 is 3.46. The summed E-state index contributed by atoms with van der Waals surface area (Å²) in [4.78, 5) is 2.34. The summed E-state index contributed by atoms with van der Waals surface area (Å²) in [5.74, 6) is 0.430. The third-order valence-corrected chi connectivity index (χ3v) is 5.10. The maximum Gasteiger partial charge on any atom is 0.211 e. The molecule has 1 saturated heterocycles. The zero-order chi connectivity index (χ0) is 14.3. The highest BCUT2D eigenvalue weighted by molar-refractivity contribution is 9.09. The molecular formula is C12H25BrN2O3S. The molecule has 0 spiro atoms. The van der Waals surface area contributed by atoms with Gasteiger partial charge in [-0.3, -0.25) is 4.90 Å². The number of ether oxygens (including phenoxy) is 1. The number of hydrogen-bond donors (Lipinski definition) is 0. The molecule has 0 saturated carbocycles. The van der Waals surface area contributed by atoms with Crippen LogP contribution in [-0.2, 0) is 14.8 Å². The third-order valence-electron chi connectivity index (χ3n) is 3.48. The molecule has 1 heterocycles. The smallest absolute Gasteiger partial charge is 0.211 e. The molecule has 1 fully saturated rings. The molecule has 0 N–H and O–H groups in total. The van der Waals surface area contributed by atoms with Gasteiger partial charge in [-0.25, -0.2) is 12.7 Å². The van der Waals surface area contributed by atoms with Crippen LogP contribution < -0.4 is 0 Å². The van der Waals surface area contributed by atoms with Crippen molar-refractivity contribution in [3.05, 3.63) is 0 Å². The van der Waals surface area contributed by atoms with Gasteiger partial charge in [0.2, 0.25) is 10.0 Å². The van der Waals surface area contributed by atoms with Gasteiger partial charge in [-0.05, 0) is 18.8 Å². The van der Waals surface area contributed by atoms with E-state index >= 15 is 0 Å². The second-order valence-corrected chi connectivity index (χ2v) is 7.89. The highest BCUT2D eigenvalue weighted by Crippen LogP contribution is 2.19. The summed E-state index contributed by atoms with van der Waals surface area (Å²) in [6, 6.07) is 0. The second kappa shape index (κ2) is 8.56. The molecule has 7 heteroatoms. The molecule has 0 aromatic carbocycles. The Bertz CT molecular complexity index is 351. The van der Waals surface area contributed by atoms with Crippen molar-refractivity contribution >= 4 is 26.0 Å². The Labute approximate surface area is 125 Å². The Morgan fingerprint density at radius 1 is 1.42 bits per heavy atom. The van der Waals surface area contributed by atoms with Crippen molar-refractivity contribution in [1.29, 1.82) is 0 Å². The van der Waals surface area contributed by atoms with Gasteiger partial charge in [0.25, 0.3) is 0 Å². The molecule has 1 rings (SSSR count). The van der Waals surface area contributed by atoms with Gasteiger partial charge in [0, 0.05) is 45.2 Å². The first kappa shape index (κ1) is 17.4. The minimum absolute atomic E-state index is 0.430. The van der Waals surface area contributed by atoms with Crippen LogP contribution in [0.2, 0.25) is 0 Å². The van der Waals surface area contributed by atoms with Crippen molar-refractivity contribution in [3.63, 3.8) is 0 Å². The second-order valence-electron chi connectivity index (χ2n) is 5.11. The van der Waals surface area contributed by atoms with E-state index in [4.69, 9.17) is 4.74 Å². The molecular weight excluding hydrogens is 332 g/mol. The lowest BCUT2D eigenvalue weighted by atomic mass is 9.99. The van der Waals surface area contributed by atoms with Gasteiger partial charge < -0.3 is 4.74 Å². The Hall–Kier alpha value is 0.310. The lowest BCUT2D eigenvalue weighted by Crippen LogP contribution is -2.44. The van der Waals surface area contributed by atoms with Crippen LogP contribution in [-0.4, -0.2) is 75.6 Å². The van der Waals surface area contributed by atoms with Gasteiger partial charge in [-0.15, -0.1) is 0 Å². The highest BCUT2D eigenvalue weighted by Gasteiger charge is 2.26. The molecule has 0 aliphatic carbocycles. The fourth-order valence-corrected chi connectivity index (χ4v) is 3.92. The molecule has 0 aromatic rings. The van der Waals surface area contributed by atoms with Crippen LogP contribution in [0.1, 0.15) is 12.8 Å². The third kappa shape index (κ3) is 6.53. The summed E-state index contributed by atoms with van der Waals surface area (Å²) in [6.07, 6.45) is 3.37. The van der Waals surface area contributed by atoms with Gasteiger partial charge in [-0.1, -0.05) is 15.9 Å². The van der Waals surface area contributed by atoms with E-state index in [0.29, 0.717) is 19.0 Å². The Kier molecular flexibility index (Phi) is 7.83. The molecule has 0 aromatic heterocycles. The standard InChI is InChI=1S/C12H25BrN2O3S/c1-18-9-8-14(7-5-13)10-12-4-3-6-15(11-12)19(2,16)17/h12H,3-11H2,1-2H3. The summed E-state index contributed by atoms with van der Waals surface area (Å²) in [7, 11) is -1.34. The van der Waals surface area contributed by atoms with Crippen molar-refractivity contribution in [3.8, 4) is 0 Å². The molecule has 0 radical (unpaired) electrons. The summed E-state index contributed by atoms with van der Waals surface area (Å²) in [5, 5.41) is 0.930. The molecule has 1 atom stereocenters. The molecule has 5 nitrogen and oxygen atoms in total. The molecule has 114 valence electrons. The normalized spacial score (nSPS) is 22.0. The quantitative estimate of drug-likeness (QED) is 0.609. The van der Waals surface area contributed by atoms with Gasteiger partial charge in [-0.2, -0.15) is 0 Å². The summed E-state index contributed by atoms with van der Waals surface area (Å²) < 4.78 is 29.9. The highest BCUT2D eigenvalue weighted by atomic mass is 79.9. The first-order valence-corrected chi connectivity index (χ1v) is 9.66. The van der Waals surface area contributed by atoms with E-state index in [1.54, 1.807) is 11.4 Å². The minimum atomic E-state index is -3.04. The number of sulfonamides is 1. The lowest BCUT2D eigenvalue weighted by Gasteiger charge is -2.34. The fraction of sp³-hybridized carbons (Fsp3) is 1.00. The molecule has 19 heavy (non-hydrogen) atoms. The molecule has 1 aliphatic heterocycles. The van der Waals surface area contributed by atoms with Crippen molar-refractivity contribution in [2.24, 2.45) is 5.92 Å². The minimum Gasteiger partial charge on any atom is -0.383 e. The molecule has 1 aliphatic rings. The first-order valence-electron chi connectivity index (χ1n) is 6.69. The molecule has 1 unspecified atom stereocenters. The number of alkyl halides is 1. The van der Waals surface area contributed by atoms with Gasteiger partial charge in [0.1, 0.15) is 0 Å². The number of halogens is 1. The van der Waals surface area contributed by atoms with Crippen LogP contribution in [0, 0.1) is 5.92 Å². The van der Waals surface area contributed by atoms with Crippen LogP contribution >= 0.6 is 15.9 Å². The summed E-state index contributed by atoms with van der Waals surface area (Å²) in [5.41, 5.74) is 0. The van der Waals surface area contributed by atoms with Crippen LogP contribution in [0.3, 0.4) is 0 Å². The van der Waals surface area contributed by atoms with Crippen LogP contribution in [0.4, 0.5) is 0 Å². The number of nitrogens with zero attached hydrogens (tertiary/aromatic N) is 2. The average Bonchev–Trinajstić information content (AvgIpc) is 2.35. The van der Waals surface area contributed by atoms with E-state index in [2.05, 4.69) is 20.8 Å². The molecule has 0 amide bonds. The Morgan fingerprint density at radius 2 is 2.16 bits per heavy atom.